The highest BCUT2D eigenvalue weighted by Crippen LogP contribution is 2.38. The predicted octanol–water partition coefficient (Wildman–Crippen LogP) is 12.1. The van der Waals surface area contributed by atoms with Crippen LogP contribution in [0.15, 0.2) is 48.6 Å². The van der Waals surface area contributed by atoms with Crippen LogP contribution in [-0.4, -0.2) is 70.7 Å². The molecule has 8 nitrogen and oxygen atoms in total. The molecule has 0 aromatic carbocycles. The molecule has 0 bridgehead atoms. The Morgan fingerprint density at radius 2 is 1.07 bits per heavy atom. The minimum absolute atomic E-state index is 0.0203. The Bertz CT molecular complexity index is 1000. The fourth-order valence-corrected chi connectivity index (χ4v) is 6.46. The summed E-state index contributed by atoms with van der Waals surface area (Å²) >= 11 is 0. The topological polar surface area (TPSA) is 94.1 Å². The van der Waals surface area contributed by atoms with E-state index in [4.69, 9.17) is 18.5 Å². The zero-order chi connectivity index (χ0) is 39.9. The maximum Gasteiger partial charge on any atom is 0.306 e. The lowest BCUT2D eigenvalue weighted by Gasteiger charge is -2.28. The Hall–Kier alpha value is -1.54. The van der Waals surface area contributed by atoms with Gasteiger partial charge in [-0.1, -0.05) is 146 Å². The van der Waals surface area contributed by atoms with Crippen LogP contribution in [0.1, 0.15) is 174 Å². The van der Waals surface area contributed by atoms with Crippen LogP contribution < -0.4 is 4.89 Å². The number of allylic oxidation sites excluding steroid dienone is 8. The average molecular weight is 782 g/mol. The van der Waals surface area contributed by atoms with E-state index in [0.717, 1.165) is 77.0 Å². The summed E-state index contributed by atoms with van der Waals surface area (Å²) in [5.41, 5.74) is 0. The van der Waals surface area contributed by atoms with Gasteiger partial charge in [-0.05, 0) is 70.6 Å². The molecule has 0 aromatic rings. The largest absolute Gasteiger partial charge is 0.756 e. The van der Waals surface area contributed by atoms with E-state index in [1.165, 1.54) is 77.0 Å². The van der Waals surface area contributed by atoms with Gasteiger partial charge in [-0.25, -0.2) is 0 Å². The van der Waals surface area contributed by atoms with Crippen LogP contribution >= 0.6 is 7.82 Å². The summed E-state index contributed by atoms with van der Waals surface area (Å²) in [6.45, 7) is 5.25. The van der Waals surface area contributed by atoms with Crippen LogP contribution in [0.25, 0.3) is 0 Å². The SMILES string of the molecule is CC/C=C\C/C=C\C/C=C\CCCCCCCCOCC(COP(=O)([O-])OCC[N+](C)(C)C)OC(=O)CCCCCCC/C=C\CCCCCCCCC. The maximum atomic E-state index is 12.7. The van der Waals surface area contributed by atoms with E-state index in [1.807, 2.05) is 21.1 Å². The number of rotatable bonds is 40. The first-order chi connectivity index (χ1) is 26.1. The molecule has 0 heterocycles. The standard InChI is InChI=1S/C45H84NO7P/c1-6-8-10-12-14-16-18-20-22-24-26-28-30-32-34-36-38-45(47)53-44(43-52-54(48,49)51-41-39-46(3,4)5)42-50-40-37-35-33-31-29-27-25-23-21-19-17-15-13-11-9-7-2/h9,11,15,17,21-24,44H,6-8,10,12-14,16,18-20,25-43H2,1-5H3/b11-9-,17-15-,23-21-,24-22-. The summed E-state index contributed by atoms with van der Waals surface area (Å²) < 4.78 is 34.6. The highest BCUT2D eigenvalue weighted by molar-refractivity contribution is 7.45. The molecule has 54 heavy (non-hydrogen) atoms. The van der Waals surface area contributed by atoms with E-state index in [-0.39, 0.29) is 25.8 Å². The third kappa shape index (κ3) is 41.6. The second-order valence-corrected chi connectivity index (χ2v) is 17.1. The first-order valence-corrected chi connectivity index (χ1v) is 23.3. The molecule has 0 radical (unpaired) electrons. The Kier molecular flexibility index (Phi) is 37.2. The Balaban J connectivity index is 4.28. The molecule has 0 saturated carbocycles. The van der Waals surface area contributed by atoms with Gasteiger partial charge in [0.05, 0.1) is 34.4 Å². The third-order valence-electron chi connectivity index (χ3n) is 9.11. The molecule has 2 atom stereocenters. The molecule has 0 spiro atoms. The highest BCUT2D eigenvalue weighted by Gasteiger charge is 2.20. The number of carbonyl (C=O) groups excluding carboxylic acids is 1. The molecular weight excluding hydrogens is 697 g/mol. The second kappa shape index (κ2) is 38.3. The van der Waals surface area contributed by atoms with Crippen LogP contribution in [0.3, 0.4) is 0 Å². The molecule has 0 aliphatic carbocycles. The Morgan fingerprint density at radius 3 is 1.63 bits per heavy atom. The van der Waals surface area contributed by atoms with E-state index in [1.54, 1.807) is 0 Å². The molecule has 0 aliphatic heterocycles. The molecule has 0 aromatic heterocycles. The first-order valence-electron chi connectivity index (χ1n) is 21.9. The fourth-order valence-electron chi connectivity index (χ4n) is 5.73. The van der Waals surface area contributed by atoms with Crippen LogP contribution in [0.2, 0.25) is 0 Å². The van der Waals surface area contributed by atoms with Gasteiger partial charge in [0.2, 0.25) is 0 Å². The second-order valence-electron chi connectivity index (χ2n) is 15.7. The van der Waals surface area contributed by atoms with E-state index in [0.29, 0.717) is 24.1 Å². The number of nitrogens with zero attached hydrogens (tertiary/aromatic N) is 1. The zero-order valence-electron chi connectivity index (χ0n) is 35.7. The van der Waals surface area contributed by atoms with E-state index in [2.05, 4.69) is 62.5 Å². The van der Waals surface area contributed by atoms with Crippen LogP contribution in [0, 0.1) is 0 Å². The smallest absolute Gasteiger partial charge is 0.306 e. The first kappa shape index (κ1) is 52.5. The number of unbranched alkanes of at least 4 members (excludes halogenated alkanes) is 18. The van der Waals surface area contributed by atoms with Crippen LogP contribution in [0.4, 0.5) is 0 Å². The van der Waals surface area contributed by atoms with E-state index in [9.17, 15) is 14.3 Å². The molecule has 0 rings (SSSR count). The molecule has 2 unspecified atom stereocenters. The van der Waals surface area contributed by atoms with Gasteiger partial charge in [0, 0.05) is 13.0 Å². The number of ether oxygens (including phenoxy) is 2. The summed E-state index contributed by atoms with van der Waals surface area (Å²) in [7, 11) is 1.34. The van der Waals surface area contributed by atoms with Crippen LogP contribution in [-0.2, 0) is 27.9 Å². The number of hydrogen-bond donors (Lipinski definition) is 0. The summed E-state index contributed by atoms with van der Waals surface area (Å²) in [4.78, 5) is 25.0. The molecule has 316 valence electrons. The van der Waals surface area contributed by atoms with E-state index < -0.39 is 13.9 Å². The van der Waals surface area contributed by atoms with Crippen molar-refractivity contribution in [3.63, 3.8) is 0 Å². The van der Waals surface area contributed by atoms with Crippen molar-refractivity contribution < 1.29 is 37.3 Å². The van der Waals surface area contributed by atoms with Gasteiger partial charge in [0.15, 0.2) is 0 Å². The lowest BCUT2D eigenvalue weighted by molar-refractivity contribution is -0.870. The minimum Gasteiger partial charge on any atom is -0.756 e. The molecule has 0 saturated heterocycles. The van der Waals surface area contributed by atoms with Gasteiger partial charge in [-0.2, -0.15) is 0 Å². The molecule has 0 aliphatic rings. The van der Waals surface area contributed by atoms with Crippen molar-refractivity contribution in [2.24, 2.45) is 0 Å². The summed E-state index contributed by atoms with van der Waals surface area (Å²) in [6.07, 6.45) is 45.5. The predicted molar refractivity (Wildman–Crippen MR) is 226 cm³/mol. The van der Waals surface area contributed by atoms with Gasteiger partial charge >= 0.3 is 5.97 Å². The molecule has 9 heteroatoms. The third-order valence-corrected chi connectivity index (χ3v) is 10.1. The normalized spacial score (nSPS) is 14.3. The summed E-state index contributed by atoms with van der Waals surface area (Å²) in [6, 6.07) is 0. The van der Waals surface area contributed by atoms with Gasteiger partial charge in [-0.3, -0.25) is 9.36 Å². The monoisotopic (exact) mass is 782 g/mol. The molecule has 0 fully saturated rings. The van der Waals surface area contributed by atoms with Gasteiger partial charge in [0.25, 0.3) is 7.82 Å². The highest BCUT2D eigenvalue weighted by atomic mass is 31.2. The van der Waals surface area contributed by atoms with Gasteiger partial charge < -0.3 is 27.9 Å². The van der Waals surface area contributed by atoms with Crippen molar-refractivity contribution in [1.82, 2.24) is 0 Å². The number of phosphoric ester groups is 1. The Morgan fingerprint density at radius 1 is 0.593 bits per heavy atom. The lowest BCUT2D eigenvalue weighted by Crippen LogP contribution is -2.37. The number of quaternary nitrogens is 1. The maximum absolute atomic E-state index is 12.7. The quantitative estimate of drug-likeness (QED) is 0.0201. The number of phosphoric acid groups is 1. The number of hydrogen-bond acceptors (Lipinski definition) is 7. The fraction of sp³-hybridized carbons (Fsp3) is 0.800. The summed E-state index contributed by atoms with van der Waals surface area (Å²) in [5, 5.41) is 0. The van der Waals surface area contributed by atoms with Gasteiger partial charge in [0.1, 0.15) is 19.3 Å². The van der Waals surface area contributed by atoms with Crippen LogP contribution in [0.5, 0.6) is 0 Å². The van der Waals surface area contributed by atoms with E-state index >= 15 is 0 Å². The zero-order valence-corrected chi connectivity index (χ0v) is 36.6. The summed E-state index contributed by atoms with van der Waals surface area (Å²) in [5.74, 6) is -0.349. The van der Waals surface area contributed by atoms with Crippen molar-refractivity contribution in [2.75, 3.05) is 54.1 Å². The van der Waals surface area contributed by atoms with Crippen molar-refractivity contribution in [2.45, 2.75) is 180 Å². The van der Waals surface area contributed by atoms with Gasteiger partial charge in [-0.15, -0.1) is 0 Å². The van der Waals surface area contributed by atoms with Crippen molar-refractivity contribution in [1.29, 1.82) is 0 Å². The molecule has 0 amide bonds. The minimum atomic E-state index is -4.53. The molecular formula is C45H84NO7P. The number of carbonyl (C=O) groups is 1. The number of likely N-dealkylation sites (N-methyl/N-ethyl adjacent to an activating group) is 1. The molecule has 0 N–H and O–H groups in total. The van der Waals surface area contributed by atoms with Crippen molar-refractivity contribution in [3.8, 4) is 0 Å². The van der Waals surface area contributed by atoms with Crippen molar-refractivity contribution in [3.05, 3.63) is 48.6 Å². The average Bonchev–Trinajstić information content (AvgIpc) is 3.12. The number of esters is 1. The lowest BCUT2D eigenvalue weighted by atomic mass is 10.1. The Labute approximate surface area is 333 Å². The van der Waals surface area contributed by atoms with Crippen molar-refractivity contribution >= 4 is 13.8 Å².